The van der Waals surface area contributed by atoms with Crippen LogP contribution in [0.1, 0.15) is 58.1 Å². The number of benzene rings is 1. The van der Waals surface area contributed by atoms with E-state index in [0.29, 0.717) is 12.1 Å². The van der Waals surface area contributed by atoms with E-state index in [2.05, 4.69) is 57.3 Å². The van der Waals surface area contributed by atoms with Crippen LogP contribution in [0.3, 0.4) is 0 Å². The van der Waals surface area contributed by atoms with Gasteiger partial charge in [0.05, 0.1) is 12.7 Å². The fraction of sp³-hybridized carbons (Fsp3) is 0.684. The van der Waals surface area contributed by atoms with Crippen molar-refractivity contribution >= 4 is 0 Å². The highest BCUT2D eigenvalue weighted by Gasteiger charge is 2.24. The Labute approximate surface area is 130 Å². The van der Waals surface area contributed by atoms with Crippen molar-refractivity contribution in [2.24, 2.45) is 11.8 Å². The number of rotatable bonds is 6. The van der Waals surface area contributed by atoms with Crippen LogP contribution in [-0.4, -0.2) is 12.1 Å². The molecule has 2 heteroatoms. The molecule has 0 saturated heterocycles. The minimum atomic E-state index is 0.446. The Balaban J connectivity index is 1.83. The van der Waals surface area contributed by atoms with Gasteiger partial charge in [0.15, 0.2) is 0 Å². The zero-order chi connectivity index (χ0) is 15.2. The number of ether oxygens (including phenoxy) is 1. The van der Waals surface area contributed by atoms with Crippen LogP contribution in [0.4, 0.5) is 0 Å². The molecule has 2 atom stereocenters. The molecule has 1 aliphatic carbocycles. The van der Waals surface area contributed by atoms with E-state index < -0.39 is 0 Å². The molecule has 0 spiro atoms. The van der Waals surface area contributed by atoms with E-state index in [1.165, 1.54) is 30.4 Å². The largest absolute Gasteiger partial charge is 0.374 e. The highest BCUT2D eigenvalue weighted by molar-refractivity contribution is 5.22. The minimum Gasteiger partial charge on any atom is -0.374 e. The second-order valence-electron chi connectivity index (χ2n) is 7.21. The lowest BCUT2D eigenvalue weighted by Crippen LogP contribution is -2.26. The summed E-state index contributed by atoms with van der Waals surface area (Å²) >= 11 is 0. The van der Waals surface area contributed by atoms with Crippen LogP contribution < -0.4 is 5.32 Å². The predicted octanol–water partition coefficient (Wildman–Crippen LogP) is 4.53. The molecule has 118 valence electrons. The molecule has 2 rings (SSSR count). The molecule has 1 saturated carbocycles. The first-order valence-electron chi connectivity index (χ1n) is 8.45. The Bertz CT molecular complexity index is 419. The molecule has 1 aromatic carbocycles. The molecule has 1 N–H and O–H groups in total. The standard InChI is InChI=1S/C19H31NO/c1-14(2)20-12-17-6-5-7-18(11-17)13-21-19-9-15(3)8-16(4)10-19/h5-7,11,14-16,19-20H,8-10,12-13H2,1-4H3. The van der Waals surface area contributed by atoms with Crippen LogP contribution in [0.15, 0.2) is 24.3 Å². The highest BCUT2D eigenvalue weighted by atomic mass is 16.5. The van der Waals surface area contributed by atoms with Crippen LogP contribution in [0.25, 0.3) is 0 Å². The van der Waals surface area contributed by atoms with Crippen molar-refractivity contribution in [3.8, 4) is 0 Å². The Kier molecular flexibility index (Phi) is 6.25. The lowest BCUT2D eigenvalue weighted by molar-refractivity contribution is -0.00917. The van der Waals surface area contributed by atoms with E-state index in [-0.39, 0.29) is 0 Å². The summed E-state index contributed by atoms with van der Waals surface area (Å²) in [5.41, 5.74) is 2.64. The Morgan fingerprint density at radius 1 is 1.10 bits per heavy atom. The van der Waals surface area contributed by atoms with E-state index in [4.69, 9.17) is 4.74 Å². The third kappa shape index (κ3) is 5.80. The van der Waals surface area contributed by atoms with E-state index in [9.17, 15) is 0 Å². The van der Waals surface area contributed by atoms with Gasteiger partial charge in [-0.15, -0.1) is 0 Å². The summed E-state index contributed by atoms with van der Waals surface area (Å²) in [6, 6.07) is 9.29. The van der Waals surface area contributed by atoms with Gasteiger partial charge in [0.1, 0.15) is 0 Å². The fourth-order valence-electron chi connectivity index (χ4n) is 3.37. The van der Waals surface area contributed by atoms with Crippen molar-refractivity contribution < 1.29 is 4.74 Å². The van der Waals surface area contributed by atoms with Gasteiger partial charge in [-0.25, -0.2) is 0 Å². The van der Waals surface area contributed by atoms with Crippen LogP contribution in [0.2, 0.25) is 0 Å². The lowest BCUT2D eigenvalue weighted by atomic mass is 9.82. The van der Waals surface area contributed by atoms with Crippen LogP contribution in [-0.2, 0) is 17.9 Å². The molecular weight excluding hydrogens is 258 g/mol. The topological polar surface area (TPSA) is 21.3 Å². The second-order valence-corrected chi connectivity index (χ2v) is 7.21. The quantitative estimate of drug-likeness (QED) is 0.831. The average molecular weight is 289 g/mol. The fourth-order valence-corrected chi connectivity index (χ4v) is 3.37. The monoisotopic (exact) mass is 289 g/mol. The first kappa shape index (κ1) is 16.5. The molecule has 21 heavy (non-hydrogen) atoms. The minimum absolute atomic E-state index is 0.446. The molecule has 0 aromatic heterocycles. The zero-order valence-electron chi connectivity index (χ0n) is 14.1. The average Bonchev–Trinajstić information content (AvgIpc) is 2.42. The van der Waals surface area contributed by atoms with Gasteiger partial charge in [-0.3, -0.25) is 0 Å². The van der Waals surface area contributed by atoms with Crippen LogP contribution >= 0.6 is 0 Å². The maximum absolute atomic E-state index is 6.17. The molecule has 1 fully saturated rings. The van der Waals surface area contributed by atoms with Crippen molar-refractivity contribution in [3.63, 3.8) is 0 Å². The summed E-state index contributed by atoms with van der Waals surface area (Å²) in [4.78, 5) is 0. The SMILES string of the molecule is CC1CC(C)CC(OCc2cccc(CNC(C)C)c2)C1. The molecule has 0 heterocycles. The van der Waals surface area contributed by atoms with Gasteiger partial charge in [-0.1, -0.05) is 52.0 Å². The van der Waals surface area contributed by atoms with E-state index in [1.807, 2.05) is 0 Å². The molecule has 0 radical (unpaired) electrons. The van der Waals surface area contributed by atoms with Gasteiger partial charge < -0.3 is 10.1 Å². The molecule has 1 aliphatic rings. The molecule has 2 unspecified atom stereocenters. The maximum atomic E-state index is 6.17. The molecule has 0 bridgehead atoms. The summed E-state index contributed by atoms with van der Waals surface area (Å²) in [5.74, 6) is 1.61. The van der Waals surface area contributed by atoms with Gasteiger partial charge >= 0.3 is 0 Å². The molecule has 0 amide bonds. The van der Waals surface area contributed by atoms with Crippen LogP contribution in [0.5, 0.6) is 0 Å². The van der Waals surface area contributed by atoms with Crippen molar-refractivity contribution in [2.45, 2.75) is 72.3 Å². The van der Waals surface area contributed by atoms with Gasteiger partial charge in [0.2, 0.25) is 0 Å². The lowest BCUT2D eigenvalue weighted by Gasteiger charge is -2.31. The van der Waals surface area contributed by atoms with E-state index in [1.54, 1.807) is 0 Å². The van der Waals surface area contributed by atoms with Crippen molar-refractivity contribution in [1.82, 2.24) is 5.32 Å². The zero-order valence-corrected chi connectivity index (χ0v) is 14.1. The Morgan fingerprint density at radius 3 is 2.43 bits per heavy atom. The Morgan fingerprint density at radius 2 is 1.76 bits per heavy atom. The van der Waals surface area contributed by atoms with Crippen molar-refractivity contribution in [2.75, 3.05) is 0 Å². The second kappa shape index (κ2) is 7.95. The van der Waals surface area contributed by atoms with Crippen molar-refractivity contribution in [1.29, 1.82) is 0 Å². The summed E-state index contributed by atoms with van der Waals surface area (Å²) in [5, 5.41) is 3.47. The molecule has 1 aromatic rings. The van der Waals surface area contributed by atoms with Gasteiger partial charge in [0.25, 0.3) is 0 Å². The third-order valence-electron chi connectivity index (χ3n) is 4.33. The molecular formula is C19H31NO. The van der Waals surface area contributed by atoms with Gasteiger partial charge in [-0.2, -0.15) is 0 Å². The number of hydrogen-bond acceptors (Lipinski definition) is 2. The summed E-state index contributed by atoms with van der Waals surface area (Å²) in [7, 11) is 0. The third-order valence-corrected chi connectivity index (χ3v) is 4.33. The molecule has 2 nitrogen and oxygen atoms in total. The summed E-state index contributed by atoms with van der Waals surface area (Å²) in [6.07, 6.45) is 4.25. The smallest absolute Gasteiger partial charge is 0.0720 e. The number of hydrogen-bond donors (Lipinski definition) is 1. The van der Waals surface area contributed by atoms with Crippen LogP contribution in [0, 0.1) is 11.8 Å². The Hall–Kier alpha value is -0.860. The van der Waals surface area contributed by atoms with E-state index >= 15 is 0 Å². The molecule has 0 aliphatic heterocycles. The highest BCUT2D eigenvalue weighted by Crippen LogP contribution is 2.30. The summed E-state index contributed by atoms with van der Waals surface area (Å²) < 4.78 is 6.17. The summed E-state index contributed by atoms with van der Waals surface area (Å²) in [6.45, 7) is 10.7. The maximum Gasteiger partial charge on any atom is 0.0720 e. The van der Waals surface area contributed by atoms with Gasteiger partial charge in [-0.05, 0) is 42.2 Å². The predicted molar refractivity (Wildman–Crippen MR) is 89.2 cm³/mol. The first-order valence-corrected chi connectivity index (χ1v) is 8.45. The van der Waals surface area contributed by atoms with Crippen molar-refractivity contribution in [3.05, 3.63) is 35.4 Å². The van der Waals surface area contributed by atoms with E-state index in [0.717, 1.165) is 25.0 Å². The van der Waals surface area contributed by atoms with Gasteiger partial charge in [0, 0.05) is 12.6 Å². The number of nitrogens with one attached hydrogen (secondary N) is 1. The normalized spacial score (nSPS) is 26.2. The first-order chi connectivity index (χ1) is 10.0.